The first-order chi connectivity index (χ1) is 10.1. The first-order valence-electron chi connectivity index (χ1n) is 6.83. The zero-order chi connectivity index (χ0) is 14.8. The highest BCUT2D eigenvalue weighted by atomic mass is 32.1. The van der Waals surface area contributed by atoms with E-state index in [4.69, 9.17) is 0 Å². The molecular weight excluding hydrogens is 291 g/mol. The molecule has 1 aliphatic heterocycles. The van der Waals surface area contributed by atoms with Crippen LogP contribution in [0.5, 0.6) is 0 Å². The Hall–Kier alpha value is -1.79. The summed E-state index contributed by atoms with van der Waals surface area (Å²) in [6.07, 6.45) is 1.05. The molecule has 110 valence electrons. The van der Waals surface area contributed by atoms with Gasteiger partial charge in [0.25, 0.3) is 5.91 Å². The number of rotatable bonds is 2. The van der Waals surface area contributed by atoms with Crippen LogP contribution in [0.15, 0.2) is 29.6 Å². The summed E-state index contributed by atoms with van der Waals surface area (Å²) >= 11 is 1.25. The largest absolute Gasteiger partial charge is 0.391 e. The number of carbonyl (C=O) groups excluding carboxylic acids is 1. The molecule has 1 N–H and O–H groups in total. The molecule has 1 atom stereocenters. The van der Waals surface area contributed by atoms with Crippen LogP contribution >= 0.6 is 11.3 Å². The molecule has 21 heavy (non-hydrogen) atoms. The second kappa shape index (κ2) is 5.91. The number of nitrogens with zero attached hydrogens (tertiary/aromatic N) is 2. The number of piperidine rings is 1. The van der Waals surface area contributed by atoms with E-state index in [1.54, 1.807) is 28.5 Å². The molecule has 0 spiro atoms. The van der Waals surface area contributed by atoms with Crippen LogP contribution in [0.25, 0.3) is 10.6 Å². The Morgan fingerprint density at radius 2 is 2.24 bits per heavy atom. The van der Waals surface area contributed by atoms with E-state index < -0.39 is 6.10 Å². The lowest BCUT2D eigenvalue weighted by Crippen LogP contribution is -2.42. The minimum absolute atomic E-state index is 0.201. The van der Waals surface area contributed by atoms with Gasteiger partial charge >= 0.3 is 0 Å². The van der Waals surface area contributed by atoms with Crippen molar-refractivity contribution in [1.82, 2.24) is 9.88 Å². The minimum atomic E-state index is -0.465. The van der Waals surface area contributed by atoms with Crippen LogP contribution in [-0.2, 0) is 0 Å². The van der Waals surface area contributed by atoms with Crippen molar-refractivity contribution < 1.29 is 14.3 Å². The van der Waals surface area contributed by atoms with Gasteiger partial charge in [0.2, 0.25) is 0 Å². The van der Waals surface area contributed by atoms with Crippen molar-refractivity contribution in [1.29, 1.82) is 0 Å². The van der Waals surface area contributed by atoms with E-state index in [-0.39, 0.29) is 11.7 Å². The maximum absolute atomic E-state index is 13.7. The standard InChI is InChI=1S/C15H15FN2O2S/c16-12-6-2-1-5-11(12)14-17-13(9-21-14)15(20)18-7-3-4-10(19)8-18/h1-2,5-6,9-10,19H,3-4,7-8H2. The number of benzene rings is 1. The van der Waals surface area contributed by atoms with Crippen molar-refractivity contribution >= 4 is 17.2 Å². The van der Waals surface area contributed by atoms with E-state index in [1.165, 1.54) is 17.4 Å². The summed E-state index contributed by atoms with van der Waals surface area (Å²) in [6.45, 7) is 0.966. The van der Waals surface area contributed by atoms with E-state index in [0.29, 0.717) is 29.4 Å². The molecule has 1 unspecified atom stereocenters. The number of aliphatic hydroxyl groups is 1. The number of β-amino-alcohol motifs (C(OH)–C–C–N with tert-alkyl or cyclic N) is 1. The van der Waals surface area contributed by atoms with Crippen LogP contribution in [0.3, 0.4) is 0 Å². The average Bonchev–Trinajstić information content (AvgIpc) is 2.96. The Kier molecular flexibility index (Phi) is 3.98. The molecule has 1 amide bonds. The first kappa shape index (κ1) is 14.2. The van der Waals surface area contributed by atoms with Crippen molar-refractivity contribution in [2.24, 2.45) is 0 Å². The molecule has 1 aliphatic rings. The molecule has 1 saturated heterocycles. The van der Waals surface area contributed by atoms with Crippen LogP contribution in [0.1, 0.15) is 23.3 Å². The molecule has 2 aromatic rings. The Morgan fingerprint density at radius 3 is 3.00 bits per heavy atom. The number of thiazole rings is 1. The predicted octanol–water partition coefficient (Wildman–Crippen LogP) is 2.55. The maximum atomic E-state index is 13.7. The molecular formula is C15H15FN2O2S. The number of halogens is 1. The van der Waals surface area contributed by atoms with Gasteiger partial charge in [0, 0.05) is 24.0 Å². The Bertz CT molecular complexity index is 659. The molecule has 1 aromatic heterocycles. The lowest BCUT2D eigenvalue weighted by Gasteiger charge is -2.29. The highest BCUT2D eigenvalue weighted by Crippen LogP contribution is 2.26. The van der Waals surface area contributed by atoms with E-state index in [9.17, 15) is 14.3 Å². The quantitative estimate of drug-likeness (QED) is 0.927. The van der Waals surface area contributed by atoms with Crippen molar-refractivity contribution in [3.05, 3.63) is 41.2 Å². The lowest BCUT2D eigenvalue weighted by molar-refractivity contribution is 0.0469. The van der Waals surface area contributed by atoms with Crippen LogP contribution in [0.2, 0.25) is 0 Å². The molecule has 2 heterocycles. The molecule has 1 fully saturated rings. The van der Waals surface area contributed by atoms with Gasteiger partial charge in [-0.3, -0.25) is 4.79 Å². The third-order valence-electron chi connectivity index (χ3n) is 3.51. The zero-order valence-corrected chi connectivity index (χ0v) is 12.1. The van der Waals surface area contributed by atoms with Crippen LogP contribution in [0.4, 0.5) is 4.39 Å². The van der Waals surface area contributed by atoms with Crippen LogP contribution in [0, 0.1) is 5.82 Å². The van der Waals surface area contributed by atoms with Crippen molar-refractivity contribution in [3.63, 3.8) is 0 Å². The van der Waals surface area contributed by atoms with Crippen molar-refractivity contribution in [3.8, 4) is 10.6 Å². The number of amides is 1. The van der Waals surface area contributed by atoms with Crippen molar-refractivity contribution in [2.45, 2.75) is 18.9 Å². The number of carbonyl (C=O) groups is 1. The molecule has 0 aliphatic carbocycles. The van der Waals surface area contributed by atoms with Gasteiger partial charge in [0.15, 0.2) is 0 Å². The Balaban J connectivity index is 1.82. The summed E-state index contributed by atoms with van der Waals surface area (Å²) in [5, 5.41) is 11.8. The summed E-state index contributed by atoms with van der Waals surface area (Å²) in [6, 6.07) is 6.38. The van der Waals surface area contributed by atoms with Crippen LogP contribution in [-0.4, -0.2) is 40.1 Å². The molecule has 1 aromatic carbocycles. The van der Waals surface area contributed by atoms with Crippen molar-refractivity contribution in [2.75, 3.05) is 13.1 Å². The highest BCUT2D eigenvalue weighted by Gasteiger charge is 2.25. The number of aromatic nitrogens is 1. The first-order valence-corrected chi connectivity index (χ1v) is 7.71. The average molecular weight is 306 g/mol. The third kappa shape index (κ3) is 2.96. The number of likely N-dealkylation sites (tertiary alicyclic amines) is 1. The summed E-state index contributed by atoms with van der Waals surface area (Å²) < 4.78 is 13.7. The van der Waals surface area contributed by atoms with E-state index >= 15 is 0 Å². The second-order valence-corrected chi connectivity index (χ2v) is 5.92. The summed E-state index contributed by atoms with van der Waals surface area (Å²) in [4.78, 5) is 18.2. The van der Waals surface area contributed by atoms with Gasteiger partial charge in [-0.15, -0.1) is 11.3 Å². The highest BCUT2D eigenvalue weighted by molar-refractivity contribution is 7.13. The molecule has 3 rings (SSSR count). The number of aliphatic hydroxyl groups excluding tert-OH is 1. The summed E-state index contributed by atoms with van der Waals surface area (Å²) in [7, 11) is 0. The molecule has 0 bridgehead atoms. The monoisotopic (exact) mass is 306 g/mol. The summed E-state index contributed by atoms with van der Waals surface area (Å²) in [5.41, 5.74) is 0.715. The van der Waals surface area contributed by atoms with Gasteiger partial charge in [-0.2, -0.15) is 0 Å². The van der Waals surface area contributed by atoms with Gasteiger partial charge in [-0.05, 0) is 25.0 Å². The number of hydrogen-bond acceptors (Lipinski definition) is 4. The lowest BCUT2D eigenvalue weighted by atomic mass is 10.1. The number of hydrogen-bond donors (Lipinski definition) is 1. The van der Waals surface area contributed by atoms with Gasteiger partial charge < -0.3 is 10.0 Å². The van der Waals surface area contributed by atoms with E-state index in [2.05, 4.69) is 4.98 Å². The maximum Gasteiger partial charge on any atom is 0.273 e. The summed E-state index contributed by atoms with van der Waals surface area (Å²) in [5.74, 6) is -0.549. The fraction of sp³-hybridized carbons (Fsp3) is 0.333. The van der Waals surface area contributed by atoms with Gasteiger partial charge in [-0.25, -0.2) is 9.37 Å². The van der Waals surface area contributed by atoms with Gasteiger partial charge in [-0.1, -0.05) is 12.1 Å². The molecule has 4 nitrogen and oxygen atoms in total. The van der Waals surface area contributed by atoms with Gasteiger partial charge in [0.1, 0.15) is 16.5 Å². The normalized spacial score (nSPS) is 18.8. The second-order valence-electron chi connectivity index (χ2n) is 5.06. The molecule has 6 heteroatoms. The van der Waals surface area contributed by atoms with E-state index in [0.717, 1.165) is 12.8 Å². The fourth-order valence-corrected chi connectivity index (χ4v) is 3.25. The SMILES string of the molecule is O=C(c1csc(-c2ccccc2F)n1)N1CCCC(O)C1. The smallest absolute Gasteiger partial charge is 0.273 e. The van der Waals surface area contributed by atoms with Crippen LogP contribution < -0.4 is 0 Å². The zero-order valence-electron chi connectivity index (χ0n) is 11.3. The van der Waals surface area contributed by atoms with Gasteiger partial charge in [0.05, 0.1) is 6.10 Å². The minimum Gasteiger partial charge on any atom is -0.391 e. The molecule has 0 saturated carbocycles. The Labute approximate surface area is 125 Å². The Morgan fingerprint density at radius 1 is 1.43 bits per heavy atom. The topological polar surface area (TPSA) is 53.4 Å². The predicted molar refractivity (Wildman–Crippen MR) is 78.7 cm³/mol. The molecule has 0 radical (unpaired) electrons. The third-order valence-corrected chi connectivity index (χ3v) is 4.39. The fourth-order valence-electron chi connectivity index (χ4n) is 2.43. The van der Waals surface area contributed by atoms with E-state index in [1.807, 2.05) is 0 Å².